The van der Waals surface area contributed by atoms with Crippen molar-refractivity contribution in [3.8, 4) is 11.3 Å². The van der Waals surface area contributed by atoms with Crippen LogP contribution < -0.4 is 15.7 Å². The third-order valence-electron chi connectivity index (χ3n) is 8.78. The standard InChI is InChI=1S/C30H39ClN8O4/c1-5-42-30(41)37-14-18(3)39(19(4)15-37)28-34-23-11-24(27-35-29(40)43-36-27)33-25(21-10-22(31)13-32-12-21)26(23)38(28)16-20-8-6-17(2)7-9-20/h10-13,17-20,27,36H,5-9,14-16H2,1-4H3,(H,35,40)/t17?,18-,19-,20?,27?/m1/s1. The molecule has 0 bridgehead atoms. The van der Waals surface area contributed by atoms with Crippen molar-refractivity contribution in [1.82, 2.24) is 35.2 Å². The molecule has 1 saturated carbocycles. The van der Waals surface area contributed by atoms with Crippen LogP contribution in [0.3, 0.4) is 0 Å². The number of pyridine rings is 2. The van der Waals surface area contributed by atoms with Gasteiger partial charge in [-0.1, -0.05) is 31.4 Å². The maximum atomic E-state index is 12.6. The molecule has 1 unspecified atom stereocenters. The molecule has 43 heavy (non-hydrogen) atoms. The third-order valence-corrected chi connectivity index (χ3v) is 8.99. The first-order valence-corrected chi connectivity index (χ1v) is 15.5. The predicted octanol–water partition coefficient (Wildman–Crippen LogP) is 5.27. The highest BCUT2D eigenvalue weighted by molar-refractivity contribution is 6.30. The van der Waals surface area contributed by atoms with E-state index >= 15 is 0 Å². The van der Waals surface area contributed by atoms with E-state index in [1.165, 1.54) is 12.8 Å². The quantitative estimate of drug-likeness (QED) is 0.384. The van der Waals surface area contributed by atoms with Crippen LogP contribution in [0.4, 0.5) is 15.5 Å². The SMILES string of the molecule is CCOC(=O)N1C[C@@H](C)N(c2nc3cc(C4NOC(=O)N4)nc(-c4cncc(Cl)c4)c3n2CC2CCC(C)CC2)[C@H](C)C1. The number of halogens is 1. The number of hydrogen-bond acceptors (Lipinski definition) is 9. The lowest BCUT2D eigenvalue weighted by Gasteiger charge is -2.44. The van der Waals surface area contributed by atoms with E-state index in [0.29, 0.717) is 42.0 Å². The van der Waals surface area contributed by atoms with Crippen molar-refractivity contribution in [2.75, 3.05) is 24.6 Å². The molecule has 2 amide bonds. The average Bonchev–Trinajstić information content (AvgIpc) is 3.57. The maximum Gasteiger partial charge on any atom is 0.427 e. The van der Waals surface area contributed by atoms with Gasteiger partial charge in [0.15, 0.2) is 6.17 Å². The Morgan fingerprint density at radius 3 is 2.49 bits per heavy atom. The Labute approximate surface area is 256 Å². The van der Waals surface area contributed by atoms with Gasteiger partial charge in [0, 0.05) is 49.7 Å². The van der Waals surface area contributed by atoms with Gasteiger partial charge in [-0.3, -0.25) is 10.3 Å². The van der Waals surface area contributed by atoms with Crippen LogP contribution in [0, 0.1) is 11.8 Å². The van der Waals surface area contributed by atoms with Crippen molar-refractivity contribution < 1.29 is 19.2 Å². The van der Waals surface area contributed by atoms with Gasteiger partial charge in [0.1, 0.15) is 0 Å². The zero-order chi connectivity index (χ0) is 30.2. The summed E-state index contributed by atoms with van der Waals surface area (Å²) in [5, 5.41) is 3.25. The number of carbonyl (C=O) groups excluding carboxylic acids is 2. The van der Waals surface area contributed by atoms with Gasteiger partial charge in [0.05, 0.1) is 34.1 Å². The number of rotatable bonds is 6. The topological polar surface area (TPSA) is 127 Å². The Balaban J connectivity index is 1.50. The number of nitrogens with one attached hydrogen (secondary N) is 2. The summed E-state index contributed by atoms with van der Waals surface area (Å²) in [5.74, 6) is 2.07. The molecule has 3 atom stereocenters. The molecule has 3 aliphatic rings. The minimum Gasteiger partial charge on any atom is -0.450 e. The fourth-order valence-corrected chi connectivity index (χ4v) is 6.87. The molecule has 230 valence electrons. The minimum atomic E-state index is -0.637. The molecule has 0 aromatic carbocycles. The molecule has 0 radical (unpaired) electrons. The van der Waals surface area contributed by atoms with Gasteiger partial charge < -0.3 is 23.9 Å². The Hall–Kier alpha value is -3.64. The van der Waals surface area contributed by atoms with Gasteiger partial charge in [0.2, 0.25) is 5.95 Å². The number of anilines is 1. The van der Waals surface area contributed by atoms with Crippen LogP contribution >= 0.6 is 11.6 Å². The van der Waals surface area contributed by atoms with Crippen LogP contribution in [-0.4, -0.2) is 68.4 Å². The molecule has 2 saturated heterocycles. The van der Waals surface area contributed by atoms with E-state index in [9.17, 15) is 9.59 Å². The number of imidazole rings is 1. The highest BCUT2D eigenvalue weighted by Gasteiger charge is 2.37. The summed E-state index contributed by atoms with van der Waals surface area (Å²) in [6.07, 6.45) is 6.56. The van der Waals surface area contributed by atoms with Gasteiger partial charge in [-0.15, -0.1) is 5.48 Å². The first-order valence-electron chi connectivity index (χ1n) is 15.2. The minimum absolute atomic E-state index is 0.0111. The van der Waals surface area contributed by atoms with Crippen molar-refractivity contribution >= 4 is 40.8 Å². The lowest BCUT2D eigenvalue weighted by Crippen LogP contribution is -2.59. The van der Waals surface area contributed by atoms with Crippen molar-refractivity contribution in [3.63, 3.8) is 0 Å². The van der Waals surface area contributed by atoms with Crippen LogP contribution in [0.15, 0.2) is 24.5 Å². The zero-order valence-corrected chi connectivity index (χ0v) is 25.8. The highest BCUT2D eigenvalue weighted by Crippen LogP contribution is 2.38. The number of amides is 2. The number of ether oxygens (including phenoxy) is 1. The summed E-state index contributed by atoms with van der Waals surface area (Å²) in [6, 6.07) is 3.72. The van der Waals surface area contributed by atoms with Crippen LogP contribution in [0.2, 0.25) is 5.02 Å². The number of nitrogens with zero attached hydrogens (tertiary/aromatic N) is 6. The summed E-state index contributed by atoms with van der Waals surface area (Å²) in [7, 11) is 0. The molecular formula is C30H39ClN8O4. The highest BCUT2D eigenvalue weighted by atomic mass is 35.5. The van der Waals surface area contributed by atoms with Crippen molar-refractivity contribution in [1.29, 1.82) is 0 Å². The molecule has 6 rings (SSSR count). The normalized spacial score (nSPS) is 26.0. The summed E-state index contributed by atoms with van der Waals surface area (Å²) in [4.78, 5) is 48.2. The largest absolute Gasteiger partial charge is 0.450 e. The summed E-state index contributed by atoms with van der Waals surface area (Å²) >= 11 is 6.42. The second-order valence-corrected chi connectivity index (χ2v) is 12.5. The molecule has 3 aromatic heterocycles. The van der Waals surface area contributed by atoms with Crippen molar-refractivity contribution in [2.24, 2.45) is 11.8 Å². The van der Waals surface area contributed by atoms with Crippen molar-refractivity contribution in [3.05, 3.63) is 35.2 Å². The molecule has 13 heteroatoms. The van der Waals surface area contributed by atoms with E-state index < -0.39 is 12.3 Å². The van der Waals surface area contributed by atoms with Crippen LogP contribution in [-0.2, 0) is 16.1 Å². The Kier molecular flexibility index (Phi) is 8.32. The molecule has 2 aliphatic heterocycles. The van der Waals surface area contributed by atoms with Crippen LogP contribution in [0.5, 0.6) is 0 Å². The Bertz CT molecular complexity index is 1490. The molecule has 5 heterocycles. The fraction of sp³-hybridized carbons (Fsp3) is 0.567. The third kappa shape index (κ3) is 5.95. The number of piperazine rings is 1. The lowest BCUT2D eigenvalue weighted by molar-refractivity contribution is 0.0939. The number of hydroxylamine groups is 1. The van der Waals surface area contributed by atoms with Gasteiger partial charge >= 0.3 is 12.2 Å². The van der Waals surface area contributed by atoms with Gasteiger partial charge in [-0.2, -0.15) is 0 Å². The Morgan fingerprint density at radius 1 is 1.09 bits per heavy atom. The predicted molar refractivity (Wildman–Crippen MR) is 162 cm³/mol. The molecule has 12 nitrogen and oxygen atoms in total. The zero-order valence-electron chi connectivity index (χ0n) is 25.0. The van der Waals surface area contributed by atoms with Crippen molar-refractivity contribution in [2.45, 2.75) is 78.2 Å². The van der Waals surface area contributed by atoms with Gasteiger partial charge in [-0.25, -0.2) is 19.6 Å². The summed E-state index contributed by atoms with van der Waals surface area (Å²) < 4.78 is 7.63. The van der Waals surface area contributed by atoms with Gasteiger partial charge in [-0.05, 0) is 57.6 Å². The van der Waals surface area contributed by atoms with E-state index in [0.717, 1.165) is 47.8 Å². The van der Waals surface area contributed by atoms with E-state index in [4.69, 9.17) is 31.1 Å². The molecular weight excluding hydrogens is 572 g/mol. The second kappa shape index (κ2) is 12.2. The monoisotopic (exact) mass is 610 g/mol. The number of hydrogen-bond donors (Lipinski definition) is 2. The summed E-state index contributed by atoms with van der Waals surface area (Å²) in [6.45, 7) is 10.6. The first kappa shape index (κ1) is 29.4. The van der Waals surface area contributed by atoms with E-state index in [1.54, 1.807) is 17.3 Å². The molecule has 0 spiro atoms. The lowest BCUT2D eigenvalue weighted by atomic mass is 9.83. The smallest absolute Gasteiger partial charge is 0.427 e. The van der Waals surface area contributed by atoms with E-state index in [1.807, 2.05) is 19.1 Å². The van der Waals surface area contributed by atoms with Gasteiger partial charge in [0.25, 0.3) is 0 Å². The number of aromatic nitrogens is 4. The Morgan fingerprint density at radius 2 is 1.84 bits per heavy atom. The molecule has 3 aromatic rings. The van der Waals surface area contributed by atoms with E-state index in [2.05, 4.69) is 46.0 Å². The van der Waals surface area contributed by atoms with Crippen LogP contribution in [0.1, 0.15) is 65.2 Å². The maximum absolute atomic E-state index is 12.6. The van der Waals surface area contributed by atoms with Crippen LogP contribution in [0.25, 0.3) is 22.3 Å². The summed E-state index contributed by atoms with van der Waals surface area (Å²) in [5.41, 5.74) is 6.34. The van der Waals surface area contributed by atoms with E-state index in [-0.39, 0.29) is 18.2 Å². The molecule has 1 aliphatic carbocycles. The molecule has 2 N–H and O–H groups in total. The number of carbonyl (C=O) groups is 2. The second-order valence-electron chi connectivity index (χ2n) is 12.1. The average molecular weight is 611 g/mol. The first-order chi connectivity index (χ1) is 20.7. The fourth-order valence-electron chi connectivity index (χ4n) is 6.70. The number of fused-ring (bicyclic) bond motifs is 1. The molecule has 3 fully saturated rings.